The molecule has 0 saturated carbocycles. The van der Waals surface area contributed by atoms with E-state index in [1.54, 1.807) is 17.5 Å². The van der Waals surface area contributed by atoms with Gasteiger partial charge in [-0.3, -0.25) is 5.32 Å². The summed E-state index contributed by atoms with van der Waals surface area (Å²) in [5.41, 5.74) is 1.52. The first kappa shape index (κ1) is 18.2. The van der Waals surface area contributed by atoms with Gasteiger partial charge >= 0.3 is 12.2 Å². The van der Waals surface area contributed by atoms with E-state index in [9.17, 15) is 9.59 Å². The fraction of sp³-hybridized carbons (Fsp3) is 0.389. The largest absolute Gasteiger partial charge is 0.465 e. The number of aryl methyl sites for hydroxylation is 1. The summed E-state index contributed by atoms with van der Waals surface area (Å²) in [5, 5.41) is 12.6. The molecule has 0 atom stereocenters. The fourth-order valence-electron chi connectivity index (χ4n) is 2.89. The van der Waals surface area contributed by atoms with E-state index in [4.69, 9.17) is 9.84 Å². The van der Waals surface area contributed by atoms with Gasteiger partial charge in [-0.15, -0.1) is 11.3 Å². The number of nitrogens with one attached hydrogen (secondary N) is 1. The van der Waals surface area contributed by atoms with Gasteiger partial charge in [0.15, 0.2) is 0 Å². The second-order valence-corrected chi connectivity index (χ2v) is 7.49. The maximum absolute atomic E-state index is 12.2. The summed E-state index contributed by atoms with van der Waals surface area (Å²) in [6.07, 6.45) is 1.81. The summed E-state index contributed by atoms with van der Waals surface area (Å²) in [5.74, 6) is 0.188. The van der Waals surface area contributed by atoms with Crippen molar-refractivity contribution in [2.24, 2.45) is 5.92 Å². The average molecular weight is 375 g/mol. The molecule has 1 fully saturated rings. The second kappa shape index (κ2) is 8.18. The maximum atomic E-state index is 12.2. The summed E-state index contributed by atoms with van der Waals surface area (Å²) < 4.78 is 5.34. The monoisotopic (exact) mass is 375 g/mol. The number of rotatable bonds is 4. The molecule has 1 aliphatic heterocycles. The smallest absolute Gasteiger partial charge is 0.411 e. The number of thiazole rings is 1. The average Bonchev–Trinajstić information content (AvgIpc) is 3.07. The van der Waals surface area contributed by atoms with Crippen LogP contribution in [0.15, 0.2) is 30.5 Å². The second-order valence-electron chi connectivity index (χ2n) is 6.26. The fourth-order valence-corrected chi connectivity index (χ4v) is 3.69. The molecule has 8 heteroatoms. The lowest BCUT2D eigenvalue weighted by Crippen LogP contribution is -2.38. The van der Waals surface area contributed by atoms with Gasteiger partial charge in [0.25, 0.3) is 0 Å². The van der Waals surface area contributed by atoms with Gasteiger partial charge in [-0.2, -0.15) is 0 Å². The first-order valence-electron chi connectivity index (χ1n) is 8.46. The van der Waals surface area contributed by atoms with Crippen molar-refractivity contribution >= 4 is 29.2 Å². The number of hydrogen-bond acceptors (Lipinski definition) is 5. The topological polar surface area (TPSA) is 91.8 Å². The molecule has 0 bridgehead atoms. The van der Waals surface area contributed by atoms with Crippen LogP contribution in [0.3, 0.4) is 0 Å². The number of carboxylic acid groups (broad SMARTS) is 1. The zero-order valence-electron chi connectivity index (χ0n) is 14.5. The highest BCUT2D eigenvalue weighted by Gasteiger charge is 2.23. The molecule has 26 heavy (non-hydrogen) atoms. The minimum absolute atomic E-state index is 0.188. The van der Waals surface area contributed by atoms with Gasteiger partial charge in [-0.25, -0.2) is 14.6 Å². The molecule has 2 amide bonds. The van der Waals surface area contributed by atoms with Crippen LogP contribution in [0.5, 0.6) is 0 Å². The predicted molar refractivity (Wildman–Crippen MR) is 99.6 cm³/mol. The summed E-state index contributed by atoms with van der Waals surface area (Å²) in [7, 11) is 0. The number of hydrogen-bond donors (Lipinski definition) is 2. The number of anilines is 1. The lowest BCUT2D eigenvalue weighted by atomic mass is 9.98. The van der Waals surface area contributed by atoms with Crippen LogP contribution in [-0.4, -0.2) is 46.9 Å². The molecule has 1 saturated heterocycles. The number of piperidine rings is 1. The van der Waals surface area contributed by atoms with Crippen molar-refractivity contribution in [2.75, 3.05) is 25.0 Å². The molecule has 0 spiro atoms. The molecule has 2 aromatic rings. The SMILES string of the molecule is Cc1cnc(-c2ccccc2NC(=O)OCC2CCN(C(=O)O)CC2)s1. The van der Waals surface area contributed by atoms with Crippen molar-refractivity contribution in [1.29, 1.82) is 0 Å². The summed E-state index contributed by atoms with van der Waals surface area (Å²) in [4.78, 5) is 29.9. The van der Waals surface area contributed by atoms with Gasteiger partial charge in [0, 0.05) is 29.7 Å². The Morgan fingerprint density at radius 2 is 2.08 bits per heavy atom. The van der Waals surface area contributed by atoms with Crippen LogP contribution in [0.1, 0.15) is 17.7 Å². The molecule has 1 aliphatic rings. The lowest BCUT2D eigenvalue weighted by molar-refractivity contribution is 0.0948. The Bertz CT molecular complexity index is 784. The molecule has 2 N–H and O–H groups in total. The minimum atomic E-state index is -0.892. The molecule has 3 rings (SSSR count). The molecular weight excluding hydrogens is 354 g/mol. The van der Waals surface area contributed by atoms with Gasteiger partial charge in [0.2, 0.25) is 0 Å². The predicted octanol–water partition coefficient (Wildman–Crippen LogP) is 4.06. The van der Waals surface area contributed by atoms with Crippen LogP contribution in [0.4, 0.5) is 15.3 Å². The van der Waals surface area contributed by atoms with Crippen molar-refractivity contribution in [3.8, 4) is 10.6 Å². The highest BCUT2D eigenvalue weighted by atomic mass is 32.1. The Balaban J connectivity index is 1.54. The molecule has 138 valence electrons. The van der Waals surface area contributed by atoms with Crippen LogP contribution in [0.25, 0.3) is 10.6 Å². The first-order valence-corrected chi connectivity index (χ1v) is 9.28. The van der Waals surface area contributed by atoms with Crippen molar-refractivity contribution < 1.29 is 19.4 Å². The Labute approximate surface area is 155 Å². The van der Waals surface area contributed by atoms with E-state index in [0.29, 0.717) is 31.6 Å². The van der Waals surface area contributed by atoms with E-state index in [-0.39, 0.29) is 12.5 Å². The summed E-state index contributed by atoms with van der Waals surface area (Å²) in [6, 6.07) is 7.48. The Morgan fingerprint density at radius 3 is 2.73 bits per heavy atom. The van der Waals surface area contributed by atoms with Crippen LogP contribution in [0.2, 0.25) is 0 Å². The number of nitrogens with zero attached hydrogens (tertiary/aromatic N) is 2. The van der Waals surface area contributed by atoms with Crippen LogP contribution >= 0.6 is 11.3 Å². The van der Waals surface area contributed by atoms with Gasteiger partial charge < -0.3 is 14.7 Å². The van der Waals surface area contributed by atoms with Crippen molar-refractivity contribution in [2.45, 2.75) is 19.8 Å². The number of likely N-dealkylation sites (tertiary alicyclic amines) is 1. The summed E-state index contributed by atoms with van der Waals surface area (Å²) in [6.45, 7) is 3.24. The molecule has 1 aromatic carbocycles. The third-order valence-corrected chi connectivity index (χ3v) is 5.30. The standard InChI is InChI=1S/C18H21N3O4S/c1-12-10-19-16(26-12)14-4-2-3-5-15(14)20-17(22)25-11-13-6-8-21(9-7-13)18(23)24/h2-5,10,13H,6-9,11H2,1H3,(H,20,22)(H,23,24). The maximum Gasteiger partial charge on any atom is 0.411 e. The normalized spacial score (nSPS) is 14.9. The molecule has 0 unspecified atom stereocenters. The molecule has 0 aliphatic carbocycles. The number of ether oxygens (including phenoxy) is 1. The zero-order valence-corrected chi connectivity index (χ0v) is 15.3. The number of aromatic nitrogens is 1. The number of amides is 2. The molecular formula is C18H21N3O4S. The number of carbonyl (C=O) groups is 2. The van der Waals surface area contributed by atoms with E-state index < -0.39 is 12.2 Å². The van der Waals surface area contributed by atoms with E-state index in [2.05, 4.69) is 10.3 Å². The first-order chi connectivity index (χ1) is 12.5. The Kier molecular flexibility index (Phi) is 5.72. The lowest BCUT2D eigenvalue weighted by Gasteiger charge is -2.29. The van der Waals surface area contributed by atoms with Crippen molar-refractivity contribution in [1.82, 2.24) is 9.88 Å². The zero-order chi connectivity index (χ0) is 18.5. The minimum Gasteiger partial charge on any atom is -0.465 e. The van der Waals surface area contributed by atoms with E-state index >= 15 is 0 Å². The van der Waals surface area contributed by atoms with E-state index in [1.807, 2.05) is 31.2 Å². The van der Waals surface area contributed by atoms with Gasteiger partial charge in [0.1, 0.15) is 5.01 Å². The van der Waals surface area contributed by atoms with Gasteiger partial charge in [-0.1, -0.05) is 12.1 Å². The third-order valence-electron chi connectivity index (χ3n) is 4.35. The van der Waals surface area contributed by atoms with Gasteiger partial charge in [-0.05, 0) is 37.8 Å². The van der Waals surface area contributed by atoms with Crippen LogP contribution in [-0.2, 0) is 4.74 Å². The molecule has 2 heterocycles. The molecule has 1 aromatic heterocycles. The van der Waals surface area contributed by atoms with Crippen molar-refractivity contribution in [3.05, 3.63) is 35.3 Å². The number of carbonyl (C=O) groups excluding carboxylic acids is 1. The summed E-state index contributed by atoms with van der Waals surface area (Å²) >= 11 is 1.56. The number of para-hydroxylation sites is 1. The Hall–Kier alpha value is -2.61. The van der Waals surface area contributed by atoms with Gasteiger partial charge in [0.05, 0.1) is 12.3 Å². The molecule has 7 nitrogen and oxygen atoms in total. The highest BCUT2D eigenvalue weighted by molar-refractivity contribution is 7.15. The van der Waals surface area contributed by atoms with Crippen molar-refractivity contribution in [3.63, 3.8) is 0 Å². The number of benzene rings is 1. The Morgan fingerprint density at radius 1 is 1.35 bits per heavy atom. The van der Waals surface area contributed by atoms with E-state index in [0.717, 1.165) is 15.4 Å². The quantitative estimate of drug-likeness (QED) is 0.841. The highest BCUT2D eigenvalue weighted by Crippen LogP contribution is 2.31. The van der Waals surface area contributed by atoms with E-state index in [1.165, 1.54) is 4.90 Å². The third kappa shape index (κ3) is 4.51. The van der Waals surface area contributed by atoms with Crippen LogP contribution < -0.4 is 5.32 Å². The molecule has 0 radical (unpaired) electrons. The van der Waals surface area contributed by atoms with Crippen LogP contribution in [0, 0.1) is 12.8 Å².